The molecule has 0 aliphatic carbocycles. The second-order valence-corrected chi connectivity index (χ2v) is 5.26. The number of benzene rings is 2. The van der Waals surface area contributed by atoms with Crippen LogP contribution >= 0.6 is 0 Å². The Kier molecular flexibility index (Phi) is 3.33. The summed E-state index contributed by atoms with van der Waals surface area (Å²) in [5.41, 5.74) is 1.26. The molecule has 2 N–H and O–H groups in total. The second-order valence-electron chi connectivity index (χ2n) is 5.26. The van der Waals surface area contributed by atoms with E-state index in [0.717, 1.165) is 0 Å². The second kappa shape index (κ2) is 5.18. The van der Waals surface area contributed by atoms with Gasteiger partial charge in [0.2, 0.25) is 0 Å². The van der Waals surface area contributed by atoms with Crippen molar-refractivity contribution in [1.29, 1.82) is 0 Å². The quantitative estimate of drug-likeness (QED) is 0.506. The fraction of sp³-hybridized carbons (Fsp3) is 0.176. The van der Waals surface area contributed by atoms with E-state index in [0.29, 0.717) is 11.1 Å². The van der Waals surface area contributed by atoms with Crippen LogP contribution in [0.5, 0.6) is 17.2 Å². The van der Waals surface area contributed by atoms with Crippen molar-refractivity contribution in [2.24, 2.45) is 0 Å². The normalized spacial score (nSPS) is 16.8. The molecule has 1 heterocycles. The number of esters is 1. The van der Waals surface area contributed by atoms with Gasteiger partial charge in [0.25, 0.3) is 0 Å². The summed E-state index contributed by atoms with van der Waals surface area (Å²) < 4.78 is 5.16. The standard InChI is InChI=1S/C17H14O5/c1-9(18)12-5-6-14-16(17(12)21)13(8-15(20)22-14)10-3-2-4-11(19)7-10/h2-7,13,19,21H,8H2,1H3. The van der Waals surface area contributed by atoms with Gasteiger partial charge in [-0.3, -0.25) is 9.59 Å². The lowest BCUT2D eigenvalue weighted by atomic mass is 9.84. The molecule has 5 nitrogen and oxygen atoms in total. The number of phenolic OH excluding ortho intramolecular Hbond substituents is 2. The molecule has 2 aromatic rings. The third kappa shape index (κ3) is 2.30. The highest BCUT2D eigenvalue weighted by Crippen LogP contribution is 2.45. The lowest BCUT2D eigenvalue weighted by molar-refractivity contribution is -0.135. The summed E-state index contributed by atoms with van der Waals surface area (Å²) in [6.07, 6.45) is 0.0331. The van der Waals surface area contributed by atoms with Gasteiger partial charge < -0.3 is 14.9 Å². The molecule has 0 saturated heterocycles. The number of hydrogen-bond donors (Lipinski definition) is 2. The highest BCUT2D eigenvalue weighted by Gasteiger charge is 2.32. The van der Waals surface area contributed by atoms with Crippen LogP contribution in [0.4, 0.5) is 0 Å². The van der Waals surface area contributed by atoms with E-state index in [1.807, 2.05) is 0 Å². The lowest BCUT2D eigenvalue weighted by Gasteiger charge is -2.26. The Morgan fingerprint density at radius 2 is 2.00 bits per heavy atom. The van der Waals surface area contributed by atoms with E-state index in [1.165, 1.54) is 31.2 Å². The third-order valence-electron chi connectivity index (χ3n) is 3.77. The fourth-order valence-electron chi connectivity index (χ4n) is 2.76. The Hall–Kier alpha value is -2.82. The van der Waals surface area contributed by atoms with E-state index in [1.54, 1.807) is 12.1 Å². The zero-order valence-electron chi connectivity index (χ0n) is 11.9. The maximum absolute atomic E-state index is 11.8. The van der Waals surface area contributed by atoms with Crippen LogP contribution in [-0.2, 0) is 4.79 Å². The number of hydrogen-bond acceptors (Lipinski definition) is 5. The van der Waals surface area contributed by atoms with Crippen molar-refractivity contribution in [1.82, 2.24) is 0 Å². The van der Waals surface area contributed by atoms with Gasteiger partial charge in [0.15, 0.2) is 5.78 Å². The molecular weight excluding hydrogens is 284 g/mol. The van der Waals surface area contributed by atoms with Crippen molar-refractivity contribution >= 4 is 11.8 Å². The molecule has 2 aromatic carbocycles. The molecule has 0 amide bonds. The van der Waals surface area contributed by atoms with E-state index in [4.69, 9.17) is 4.74 Å². The largest absolute Gasteiger partial charge is 0.508 e. The first-order chi connectivity index (χ1) is 10.5. The van der Waals surface area contributed by atoms with Crippen LogP contribution in [0.2, 0.25) is 0 Å². The summed E-state index contributed by atoms with van der Waals surface area (Å²) in [5, 5.41) is 20.1. The number of carbonyl (C=O) groups is 2. The summed E-state index contributed by atoms with van der Waals surface area (Å²) in [7, 11) is 0. The third-order valence-corrected chi connectivity index (χ3v) is 3.77. The number of Topliss-reactive ketones (excluding diaryl/α,β-unsaturated/α-hetero) is 1. The molecule has 0 fully saturated rings. The predicted octanol–water partition coefficient (Wildman–Crippen LogP) is 2.74. The summed E-state index contributed by atoms with van der Waals surface area (Å²) in [5.74, 6) is -1.02. The highest BCUT2D eigenvalue weighted by molar-refractivity contribution is 5.98. The number of phenols is 2. The van der Waals surface area contributed by atoms with Gasteiger partial charge in [0.1, 0.15) is 17.2 Å². The van der Waals surface area contributed by atoms with Crippen LogP contribution < -0.4 is 4.74 Å². The Bertz CT molecular complexity index is 779. The van der Waals surface area contributed by atoms with Gasteiger partial charge in [-0.05, 0) is 36.8 Å². The minimum Gasteiger partial charge on any atom is -0.508 e. The summed E-state index contributed by atoms with van der Waals surface area (Å²) in [6, 6.07) is 9.43. The van der Waals surface area contributed by atoms with Gasteiger partial charge in [-0.2, -0.15) is 0 Å². The Labute approximate surface area is 126 Å². The Morgan fingerprint density at radius 1 is 1.23 bits per heavy atom. The number of rotatable bonds is 2. The van der Waals surface area contributed by atoms with Gasteiger partial charge in [-0.25, -0.2) is 0 Å². The minimum absolute atomic E-state index is 0.0331. The number of ketones is 1. The number of fused-ring (bicyclic) bond motifs is 1. The Balaban J connectivity index is 2.21. The molecule has 22 heavy (non-hydrogen) atoms. The first kappa shape index (κ1) is 14.1. The summed E-state index contributed by atoms with van der Waals surface area (Å²) in [4.78, 5) is 23.4. The molecular formula is C17H14O5. The molecule has 1 aliphatic heterocycles. The van der Waals surface area contributed by atoms with Crippen molar-refractivity contribution in [3.63, 3.8) is 0 Å². The van der Waals surface area contributed by atoms with Crippen LogP contribution in [0.15, 0.2) is 36.4 Å². The molecule has 0 spiro atoms. The zero-order chi connectivity index (χ0) is 15.9. The molecule has 0 aromatic heterocycles. The SMILES string of the molecule is CC(=O)c1ccc2c(c1O)C(c1cccc(O)c1)CC(=O)O2. The van der Waals surface area contributed by atoms with E-state index in [2.05, 4.69) is 0 Å². The lowest BCUT2D eigenvalue weighted by Crippen LogP contribution is -2.21. The predicted molar refractivity (Wildman–Crippen MR) is 78.3 cm³/mol. The van der Waals surface area contributed by atoms with Crippen molar-refractivity contribution in [2.45, 2.75) is 19.3 Å². The average Bonchev–Trinajstić information content (AvgIpc) is 2.46. The average molecular weight is 298 g/mol. The molecule has 3 rings (SSSR count). The first-order valence-corrected chi connectivity index (χ1v) is 6.83. The summed E-state index contributed by atoms with van der Waals surface area (Å²) >= 11 is 0. The van der Waals surface area contributed by atoms with Crippen LogP contribution in [-0.4, -0.2) is 22.0 Å². The molecule has 0 saturated carbocycles. The maximum Gasteiger partial charge on any atom is 0.312 e. The van der Waals surface area contributed by atoms with Crippen molar-refractivity contribution in [3.05, 3.63) is 53.1 Å². The van der Waals surface area contributed by atoms with E-state index in [-0.39, 0.29) is 35.0 Å². The van der Waals surface area contributed by atoms with Crippen molar-refractivity contribution in [2.75, 3.05) is 0 Å². The number of aromatic hydroxyl groups is 2. The molecule has 1 aliphatic rings. The van der Waals surface area contributed by atoms with Crippen molar-refractivity contribution < 1.29 is 24.5 Å². The number of carbonyl (C=O) groups excluding carboxylic acids is 2. The highest BCUT2D eigenvalue weighted by atomic mass is 16.5. The van der Waals surface area contributed by atoms with Gasteiger partial charge in [-0.1, -0.05) is 12.1 Å². The topological polar surface area (TPSA) is 83.8 Å². The molecule has 1 atom stereocenters. The van der Waals surface area contributed by atoms with Gasteiger partial charge in [-0.15, -0.1) is 0 Å². The van der Waals surface area contributed by atoms with Gasteiger partial charge in [0.05, 0.1) is 12.0 Å². The summed E-state index contributed by atoms with van der Waals surface area (Å²) in [6.45, 7) is 1.36. The van der Waals surface area contributed by atoms with Crippen LogP contribution in [0.1, 0.15) is 40.7 Å². The van der Waals surface area contributed by atoms with E-state index in [9.17, 15) is 19.8 Å². The molecule has 5 heteroatoms. The molecule has 112 valence electrons. The fourth-order valence-corrected chi connectivity index (χ4v) is 2.76. The molecule has 0 radical (unpaired) electrons. The van der Waals surface area contributed by atoms with Crippen LogP contribution in [0.25, 0.3) is 0 Å². The van der Waals surface area contributed by atoms with Gasteiger partial charge in [0, 0.05) is 11.5 Å². The molecule has 0 bridgehead atoms. The molecule has 1 unspecified atom stereocenters. The van der Waals surface area contributed by atoms with Crippen LogP contribution in [0.3, 0.4) is 0 Å². The first-order valence-electron chi connectivity index (χ1n) is 6.83. The van der Waals surface area contributed by atoms with Crippen LogP contribution in [0, 0.1) is 0 Å². The zero-order valence-corrected chi connectivity index (χ0v) is 11.9. The van der Waals surface area contributed by atoms with Gasteiger partial charge >= 0.3 is 5.97 Å². The smallest absolute Gasteiger partial charge is 0.312 e. The maximum atomic E-state index is 11.8. The Morgan fingerprint density at radius 3 is 2.68 bits per heavy atom. The minimum atomic E-state index is -0.470. The van der Waals surface area contributed by atoms with E-state index < -0.39 is 11.9 Å². The van der Waals surface area contributed by atoms with E-state index >= 15 is 0 Å². The number of ether oxygens (including phenoxy) is 1. The monoisotopic (exact) mass is 298 g/mol. The van der Waals surface area contributed by atoms with Crippen molar-refractivity contribution in [3.8, 4) is 17.2 Å².